The highest BCUT2D eigenvalue weighted by atomic mass is 16.5. The molecule has 8 heteroatoms. The van der Waals surface area contributed by atoms with Crippen molar-refractivity contribution in [2.24, 2.45) is 5.92 Å². The Labute approximate surface area is 203 Å². The number of carbonyl (C=O) groups excluding carboxylic acids is 2. The van der Waals surface area contributed by atoms with Gasteiger partial charge in [-0.2, -0.15) is 0 Å². The van der Waals surface area contributed by atoms with Crippen LogP contribution in [0.3, 0.4) is 0 Å². The monoisotopic (exact) mass is 473 g/mol. The van der Waals surface area contributed by atoms with Gasteiger partial charge in [0.1, 0.15) is 12.3 Å². The van der Waals surface area contributed by atoms with Crippen LogP contribution >= 0.6 is 0 Å². The van der Waals surface area contributed by atoms with Gasteiger partial charge in [0, 0.05) is 18.4 Å². The Balaban J connectivity index is 1.34. The normalized spacial score (nSPS) is 13.0. The van der Waals surface area contributed by atoms with Crippen LogP contribution in [0.1, 0.15) is 47.8 Å². The lowest BCUT2D eigenvalue weighted by Gasteiger charge is -2.22. The van der Waals surface area contributed by atoms with Gasteiger partial charge in [0.15, 0.2) is 0 Å². The van der Waals surface area contributed by atoms with Crippen LogP contribution in [-0.4, -0.2) is 40.7 Å². The number of pyridine rings is 1. The second-order valence-corrected chi connectivity index (χ2v) is 8.81. The lowest BCUT2D eigenvalue weighted by Crippen LogP contribution is -2.41. The van der Waals surface area contributed by atoms with Gasteiger partial charge in [0.2, 0.25) is 5.91 Å². The quantitative estimate of drug-likeness (QED) is 0.438. The van der Waals surface area contributed by atoms with E-state index in [9.17, 15) is 14.4 Å². The summed E-state index contributed by atoms with van der Waals surface area (Å²) < 4.78 is 5.61. The first kappa shape index (κ1) is 23.9. The summed E-state index contributed by atoms with van der Waals surface area (Å²) in [5.74, 6) is -1.54. The highest BCUT2D eigenvalue weighted by Gasteiger charge is 2.29. The molecule has 1 aromatic heterocycles. The number of carboxylic acids is 1. The topological polar surface area (TPSA) is 118 Å². The minimum absolute atomic E-state index is 0.0197. The van der Waals surface area contributed by atoms with Crippen molar-refractivity contribution in [2.75, 3.05) is 11.9 Å². The number of hydrogen-bond donors (Lipinski definition) is 3. The zero-order valence-electron chi connectivity index (χ0n) is 19.5. The smallest absolute Gasteiger partial charge is 0.407 e. The summed E-state index contributed by atoms with van der Waals surface area (Å²) in [6, 6.07) is 18.6. The van der Waals surface area contributed by atoms with E-state index < -0.39 is 18.1 Å². The summed E-state index contributed by atoms with van der Waals surface area (Å²) >= 11 is 0. The van der Waals surface area contributed by atoms with Crippen LogP contribution in [0, 0.1) is 5.92 Å². The van der Waals surface area contributed by atoms with Crippen molar-refractivity contribution in [1.29, 1.82) is 0 Å². The van der Waals surface area contributed by atoms with E-state index in [0.29, 0.717) is 5.69 Å². The number of aromatic nitrogens is 1. The standard InChI is InChI=1S/C27H27N3O5/c1-16(2)24(13-25(31)29-17-11-12-23(26(32)33)28-14-17)30-27(34)35-15-22-20-9-5-3-7-18(20)19-8-4-6-10-21(19)22/h3-12,14,16,22,24H,13,15H2,1-2H3,(H,29,31)(H,30,34)(H,32,33)/t24-/m0/s1. The fourth-order valence-electron chi connectivity index (χ4n) is 4.25. The van der Waals surface area contributed by atoms with Crippen LogP contribution in [-0.2, 0) is 9.53 Å². The van der Waals surface area contributed by atoms with Gasteiger partial charge >= 0.3 is 12.1 Å². The number of amides is 2. The minimum Gasteiger partial charge on any atom is -0.477 e. The maximum Gasteiger partial charge on any atom is 0.407 e. The van der Waals surface area contributed by atoms with Crippen LogP contribution in [0.15, 0.2) is 66.9 Å². The SMILES string of the molecule is CC(C)[C@H](CC(=O)Nc1ccc(C(=O)O)nc1)NC(=O)OCC1c2ccccc2-c2ccccc21. The van der Waals surface area contributed by atoms with E-state index >= 15 is 0 Å². The number of fused-ring (bicyclic) bond motifs is 3. The number of alkyl carbamates (subject to hydrolysis) is 1. The zero-order chi connectivity index (χ0) is 24.9. The lowest BCUT2D eigenvalue weighted by molar-refractivity contribution is -0.116. The number of rotatable bonds is 8. The Morgan fingerprint density at radius 3 is 2.14 bits per heavy atom. The molecule has 3 N–H and O–H groups in total. The first-order valence-corrected chi connectivity index (χ1v) is 11.4. The van der Waals surface area contributed by atoms with E-state index in [2.05, 4.69) is 39.9 Å². The molecule has 3 aromatic rings. The molecule has 0 saturated carbocycles. The number of nitrogens with one attached hydrogen (secondary N) is 2. The maximum atomic E-state index is 12.6. The Bertz CT molecular complexity index is 1190. The summed E-state index contributed by atoms with van der Waals surface area (Å²) in [6.45, 7) is 4.01. The molecule has 1 heterocycles. The van der Waals surface area contributed by atoms with Gasteiger partial charge in [-0.05, 0) is 40.3 Å². The van der Waals surface area contributed by atoms with Crippen molar-refractivity contribution in [3.8, 4) is 11.1 Å². The molecule has 35 heavy (non-hydrogen) atoms. The molecule has 0 unspecified atom stereocenters. The van der Waals surface area contributed by atoms with E-state index in [0.717, 1.165) is 22.3 Å². The molecular formula is C27H27N3O5. The van der Waals surface area contributed by atoms with E-state index in [1.54, 1.807) is 0 Å². The zero-order valence-corrected chi connectivity index (χ0v) is 19.5. The highest BCUT2D eigenvalue weighted by molar-refractivity contribution is 5.92. The Hall–Kier alpha value is -4.20. The first-order valence-electron chi connectivity index (χ1n) is 11.4. The van der Waals surface area contributed by atoms with Gasteiger partial charge in [-0.15, -0.1) is 0 Å². The number of benzene rings is 2. The van der Waals surface area contributed by atoms with Crippen LogP contribution in [0.2, 0.25) is 0 Å². The summed E-state index contributed by atoms with van der Waals surface area (Å²) in [7, 11) is 0. The van der Waals surface area contributed by atoms with Gasteiger partial charge in [0.05, 0.1) is 11.9 Å². The molecule has 0 radical (unpaired) electrons. The largest absolute Gasteiger partial charge is 0.477 e. The second kappa shape index (κ2) is 10.4. The molecule has 4 rings (SSSR count). The van der Waals surface area contributed by atoms with Gasteiger partial charge in [-0.3, -0.25) is 4.79 Å². The molecular weight excluding hydrogens is 446 g/mol. The number of hydrogen-bond acceptors (Lipinski definition) is 5. The van der Waals surface area contributed by atoms with E-state index in [1.165, 1.54) is 18.3 Å². The van der Waals surface area contributed by atoms with E-state index in [1.807, 2.05) is 38.1 Å². The van der Waals surface area contributed by atoms with Crippen molar-refractivity contribution in [2.45, 2.75) is 32.2 Å². The molecule has 1 aliphatic carbocycles. The summed E-state index contributed by atoms with van der Waals surface area (Å²) in [6.07, 6.45) is 0.735. The Morgan fingerprint density at radius 1 is 0.971 bits per heavy atom. The number of nitrogens with zero attached hydrogens (tertiary/aromatic N) is 1. The molecule has 8 nitrogen and oxygen atoms in total. The molecule has 0 bridgehead atoms. The van der Waals surface area contributed by atoms with Crippen LogP contribution < -0.4 is 10.6 Å². The highest BCUT2D eigenvalue weighted by Crippen LogP contribution is 2.44. The molecule has 180 valence electrons. The van der Waals surface area contributed by atoms with Crippen molar-refractivity contribution in [1.82, 2.24) is 10.3 Å². The summed E-state index contributed by atoms with van der Waals surface area (Å²) in [5.41, 5.74) is 4.83. The Morgan fingerprint density at radius 2 is 1.60 bits per heavy atom. The van der Waals surface area contributed by atoms with Crippen LogP contribution in [0.5, 0.6) is 0 Å². The summed E-state index contributed by atoms with van der Waals surface area (Å²) in [4.78, 5) is 39.9. The van der Waals surface area contributed by atoms with E-state index in [4.69, 9.17) is 9.84 Å². The predicted octanol–water partition coefficient (Wildman–Crippen LogP) is 4.67. The second-order valence-electron chi connectivity index (χ2n) is 8.81. The van der Waals surface area contributed by atoms with Gasteiger partial charge < -0.3 is 20.5 Å². The predicted molar refractivity (Wildman–Crippen MR) is 131 cm³/mol. The fourth-order valence-corrected chi connectivity index (χ4v) is 4.25. The molecule has 1 atom stereocenters. The van der Waals surface area contributed by atoms with Gasteiger partial charge in [0.25, 0.3) is 0 Å². The van der Waals surface area contributed by atoms with Crippen LogP contribution in [0.25, 0.3) is 11.1 Å². The third-order valence-electron chi connectivity index (χ3n) is 6.12. The van der Waals surface area contributed by atoms with Crippen molar-refractivity contribution < 1.29 is 24.2 Å². The van der Waals surface area contributed by atoms with Crippen molar-refractivity contribution in [3.05, 3.63) is 83.7 Å². The average Bonchev–Trinajstić information content (AvgIpc) is 3.16. The van der Waals surface area contributed by atoms with Crippen molar-refractivity contribution >= 4 is 23.7 Å². The average molecular weight is 474 g/mol. The number of anilines is 1. The fraction of sp³-hybridized carbons (Fsp3) is 0.259. The molecule has 2 aromatic carbocycles. The molecule has 0 saturated heterocycles. The van der Waals surface area contributed by atoms with E-state index in [-0.39, 0.29) is 36.5 Å². The van der Waals surface area contributed by atoms with Gasteiger partial charge in [-0.25, -0.2) is 14.6 Å². The van der Waals surface area contributed by atoms with Crippen molar-refractivity contribution in [3.63, 3.8) is 0 Å². The molecule has 2 amide bonds. The lowest BCUT2D eigenvalue weighted by atomic mass is 9.98. The number of carbonyl (C=O) groups is 3. The third-order valence-corrected chi connectivity index (χ3v) is 6.12. The Kier molecular flexibility index (Phi) is 7.10. The summed E-state index contributed by atoms with van der Waals surface area (Å²) in [5, 5.41) is 14.4. The number of ether oxygens (including phenoxy) is 1. The first-order chi connectivity index (χ1) is 16.8. The molecule has 0 spiro atoms. The number of carboxylic acid groups (broad SMARTS) is 1. The maximum absolute atomic E-state index is 12.6. The third kappa shape index (κ3) is 5.48. The number of aromatic carboxylic acids is 1. The van der Waals surface area contributed by atoms with Crippen LogP contribution in [0.4, 0.5) is 10.5 Å². The molecule has 1 aliphatic rings. The minimum atomic E-state index is -1.14. The molecule has 0 aliphatic heterocycles. The molecule has 0 fully saturated rings. The van der Waals surface area contributed by atoms with Gasteiger partial charge in [-0.1, -0.05) is 62.4 Å².